The molecule has 0 fully saturated rings. The fourth-order valence-electron chi connectivity index (χ4n) is 3.96. The van der Waals surface area contributed by atoms with Crippen LogP contribution in [0.3, 0.4) is 0 Å². The minimum Gasteiger partial charge on any atom is -0.464 e. The lowest BCUT2D eigenvalue weighted by Crippen LogP contribution is -2.27. The van der Waals surface area contributed by atoms with E-state index in [1.54, 1.807) is 6.26 Å². The Labute approximate surface area is 157 Å². The van der Waals surface area contributed by atoms with Crippen LogP contribution >= 0.6 is 0 Å². The van der Waals surface area contributed by atoms with Gasteiger partial charge in [-0.3, -0.25) is 4.79 Å². The Balaban J connectivity index is 1.20. The van der Waals surface area contributed by atoms with Gasteiger partial charge in [0.2, 0.25) is 12.7 Å². The molecule has 1 aliphatic heterocycles. The van der Waals surface area contributed by atoms with Crippen LogP contribution in [0.4, 0.5) is 0 Å². The van der Waals surface area contributed by atoms with Crippen LogP contribution in [0.1, 0.15) is 28.7 Å². The third kappa shape index (κ3) is 3.14. The van der Waals surface area contributed by atoms with E-state index < -0.39 is 0 Å². The molecular formula is C22H21NO4. The Morgan fingerprint density at radius 3 is 2.81 bits per heavy atom. The lowest BCUT2D eigenvalue weighted by molar-refractivity contribution is -0.120. The van der Waals surface area contributed by atoms with Gasteiger partial charge in [-0.2, -0.15) is 0 Å². The normalized spacial score (nSPS) is 14.5. The third-order valence-electron chi connectivity index (χ3n) is 5.39. The highest BCUT2D eigenvalue weighted by Gasteiger charge is 2.17. The first kappa shape index (κ1) is 16.2. The number of carbonyl (C=O) groups is 1. The number of carbonyl (C=O) groups excluding carboxylic acids is 1. The average molecular weight is 363 g/mol. The molecule has 0 spiro atoms. The van der Waals surface area contributed by atoms with Crippen molar-refractivity contribution in [2.75, 3.05) is 13.3 Å². The highest BCUT2D eigenvalue weighted by molar-refractivity contribution is 5.88. The average Bonchev–Trinajstić information content (AvgIpc) is 3.39. The van der Waals surface area contributed by atoms with E-state index in [2.05, 4.69) is 17.4 Å². The van der Waals surface area contributed by atoms with E-state index in [4.69, 9.17) is 13.9 Å². The Kier molecular flexibility index (Phi) is 4.00. The first-order chi connectivity index (χ1) is 13.3. The van der Waals surface area contributed by atoms with Crippen LogP contribution in [-0.4, -0.2) is 19.2 Å². The predicted octanol–water partition coefficient (Wildman–Crippen LogP) is 3.55. The molecule has 0 bridgehead atoms. The molecule has 1 aromatic heterocycles. The topological polar surface area (TPSA) is 60.7 Å². The molecule has 0 saturated heterocycles. The number of benzene rings is 2. The second kappa shape index (κ2) is 6.65. The molecule has 0 unspecified atom stereocenters. The van der Waals surface area contributed by atoms with Gasteiger partial charge in [-0.05, 0) is 66.6 Å². The quantitative estimate of drug-likeness (QED) is 0.753. The van der Waals surface area contributed by atoms with Crippen molar-refractivity contribution < 1.29 is 18.7 Å². The van der Waals surface area contributed by atoms with Crippen molar-refractivity contribution in [1.82, 2.24) is 5.32 Å². The van der Waals surface area contributed by atoms with E-state index in [1.807, 2.05) is 18.2 Å². The summed E-state index contributed by atoms with van der Waals surface area (Å²) in [6.07, 6.45) is 6.27. The Bertz CT molecular complexity index is 1020. The fourth-order valence-corrected chi connectivity index (χ4v) is 3.96. The maximum atomic E-state index is 12.4. The van der Waals surface area contributed by atoms with Gasteiger partial charge in [-0.25, -0.2) is 0 Å². The summed E-state index contributed by atoms with van der Waals surface area (Å²) in [5.41, 5.74) is 5.74. The minimum atomic E-state index is 0.0129. The molecule has 1 N–H and O–H groups in total. The highest BCUT2D eigenvalue weighted by Crippen LogP contribution is 2.33. The number of rotatable bonds is 5. The summed E-state index contributed by atoms with van der Waals surface area (Å²) in [4.78, 5) is 12.4. The van der Waals surface area contributed by atoms with Crippen LogP contribution in [0.2, 0.25) is 0 Å². The molecule has 1 aliphatic carbocycles. The van der Waals surface area contributed by atoms with Gasteiger partial charge in [0.15, 0.2) is 11.5 Å². The van der Waals surface area contributed by atoms with Crippen LogP contribution in [0.25, 0.3) is 11.0 Å². The lowest BCUT2D eigenvalue weighted by Gasteiger charge is -2.06. The molecule has 2 aromatic carbocycles. The molecule has 0 saturated carbocycles. The summed E-state index contributed by atoms with van der Waals surface area (Å²) in [6.45, 7) is 0.862. The highest BCUT2D eigenvalue weighted by atomic mass is 16.7. The summed E-state index contributed by atoms with van der Waals surface area (Å²) in [5.74, 6) is 1.57. The standard InChI is InChI=1S/C22H21NO4/c24-22(23-7-6-14-4-5-19-21(8-14)27-13-26-19)11-17-12-25-20-10-16-3-1-2-15(16)9-18(17)20/h4-5,8-10,12H,1-3,6-7,11,13H2,(H,23,24). The van der Waals surface area contributed by atoms with Crippen LogP contribution in [0.15, 0.2) is 41.0 Å². The van der Waals surface area contributed by atoms with Gasteiger partial charge in [0.25, 0.3) is 0 Å². The summed E-state index contributed by atoms with van der Waals surface area (Å²) >= 11 is 0. The molecule has 2 aliphatic rings. The second-order valence-corrected chi connectivity index (χ2v) is 7.20. The Morgan fingerprint density at radius 2 is 1.89 bits per heavy atom. The van der Waals surface area contributed by atoms with E-state index in [1.165, 1.54) is 17.5 Å². The number of hydrogen-bond acceptors (Lipinski definition) is 4. The maximum absolute atomic E-state index is 12.4. The number of amides is 1. The van der Waals surface area contributed by atoms with E-state index in [9.17, 15) is 4.79 Å². The Hall–Kier alpha value is -2.95. The van der Waals surface area contributed by atoms with Crippen LogP contribution in [-0.2, 0) is 30.5 Å². The fraction of sp³-hybridized carbons (Fsp3) is 0.318. The largest absolute Gasteiger partial charge is 0.464 e. The summed E-state index contributed by atoms with van der Waals surface area (Å²) in [5, 5.41) is 4.07. The van der Waals surface area contributed by atoms with E-state index >= 15 is 0 Å². The zero-order chi connectivity index (χ0) is 18.2. The van der Waals surface area contributed by atoms with Gasteiger partial charge in [0.05, 0.1) is 12.7 Å². The smallest absolute Gasteiger partial charge is 0.231 e. The number of fused-ring (bicyclic) bond motifs is 3. The zero-order valence-electron chi connectivity index (χ0n) is 15.0. The lowest BCUT2D eigenvalue weighted by atomic mass is 10.0. The van der Waals surface area contributed by atoms with Crippen LogP contribution in [0.5, 0.6) is 11.5 Å². The number of ether oxygens (including phenoxy) is 2. The number of aryl methyl sites for hydroxylation is 2. The number of hydrogen-bond donors (Lipinski definition) is 1. The van der Waals surface area contributed by atoms with Gasteiger partial charge in [-0.1, -0.05) is 6.07 Å². The first-order valence-electron chi connectivity index (χ1n) is 9.43. The number of nitrogens with one attached hydrogen (secondary N) is 1. The van der Waals surface area contributed by atoms with Gasteiger partial charge in [0.1, 0.15) is 5.58 Å². The van der Waals surface area contributed by atoms with Gasteiger partial charge in [-0.15, -0.1) is 0 Å². The molecular weight excluding hydrogens is 342 g/mol. The van der Waals surface area contributed by atoms with E-state index in [0.717, 1.165) is 52.9 Å². The van der Waals surface area contributed by atoms with E-state index in [-0.39, 0.29) is 12.7 Å². The van der Waals surface area contributed by atoms with Crippen molar-refractivity contribution in [3.63, 3.8) is 0 Å². The molecule has 3 aromatic rings. The van der Waals surface area contributed by atoms with Crippen LogP contribution < -0.4 is 14.8 Å². The van der Waals surface area contributed by atoms with Crippen molar-refractivity contribution in [2.45, 2.75) is 32.1 Å². The van der Waals surface area contributed by atoms with Crippen molar-refractivity contribution in [1.29, 1.82) is 0 Å². The summed E-state index contributed by atoms with van der Waals surface area (Å²) in [6, 6.07) is 10.2. The maximum Gasteiger partial charge on any atom is 0.231 e. The van der Waals surface area contributed by atoms with Crippen molar-refractivity contribution in [2.24, 2.45) is 0 Å². The third-order valence-corrected chi connectivity index (χ3v) is 5.39. The second-order valence-electron chi connectivity index (χ2n) is 7.20. The summed E-state index contributed by atoms with van der Waals surface area (Å²) < 4.78 is 16.4. The zero-order valence-corrected chi connectivity index (χ0v) is 15.0. The first-order valence-corrected chi connectivity index (χ1v) is 9.43. The minimum absolute atomic E-state index is 0.0129. The summed E-state index contributed by atoms with van der Waals surface area (Å²) in [7, 11) is 0. The van der Waals surface area contributed by atoms with Gasteiger partial charge in [0, 0.05) is 17.5 Å². The molecule has 1 amide bonds. The van der Waals surface area contributed by atoms with Crippen molar-refractivity contribution in [3.05, 3.63) is 58.8 Å². The monoisotopic (exact) mass is 363 g/mol. The van der Waals surface area contributed by atoms with Crippen molar-refractivity contribution in [3.8, 4) is 11.5 Å². The molecule has 0 atom stereocenters. The van der Waals surface area contributed by atoms with E-state index in [0.29, 0.717) is 13.0 Å². The predicted molar refractivity (Wildman–Crippen MR) is 101 cm³/mol. The molecule has 5 heteroatoms. The SMILES string of the molecule is O=C(Cc1coc2cc3c(cc12)CCC3)NCCc1ccc2c(c1)OCO2. The number of furan rings is 1. The molecule has 5 rings (SSSR count). The van der Waals surface area contributed by atoms with Gasteiger partial charge < -0.3 is 19.2 Å². The van der Waals surface area contributed by atoms with Crippen LogP contribution in [0, 0.1) is 0 Å². The molecule has 0 radical (unpaired) electrons. The molecule has 27 heavy (non-hydrogen) atoms. The molecule has 138 valence electrons. The molecule has 2 heterocycles. The van der Waals surface area contributed by atoms with Crippen molar-refractivity contribution >= 4 is 16.9 Å². The van der Waals surface area contributed by atoms with Gasteiger partial charge >= 0.3 is 0 Å². The molecule has 5 nitrogen and oxygen atoms in total. The Morgan fingerprint density at radius 1 is 1.04 bits per heavy atom.